The van der Waals surface area contributed by atoms with Crippen LogP contribution in [0, 0.1) is 0 Å². The van der Waals surface area contributed by atoms with E-state index in [-0.39, 0.29) is 0 Å². The summed E-state index contributed by atoms with van der Waals surface area (Å²) in [4.78, 5) is 7.95. The van der Waals surface area contributed by atoms with Crippen LogP contribution >= 0.6 is 0 Å². The lowest BCUT2D eigenvalue weighted by Crippen LogP contribution is -1.97. The molecule has 1 aliphatic rings. The molecule has 1 aromatic heterocycles. The van der Waals surface area contributed by atoms with Crippen molar-refractivity contribution in [2.45, 2.75) is 0 Å². The second-order valence-electron chi connectivity index (χ2n) is 2.40. The predicted octanol–water partition coefficient (Wildman–Crippen LogP) is 0.603. The highest BCUT2D eigenvalue weighted by atomic mass is 15.0. The van der Waals surface area contributed by atoms with Crippen LogP contribution < -0.4 is 11.1 Å². The van der Waals surface area contributed by atoms with Crippen LogP contribution in [0.4, 0.5) is 5.95 Å². The minimum Gasteiger partial charge on any atom is -0.368 e. The topological polar surface area (TPSA) is 63.8 Å². The molecule has 0 fully saturated rings. The van der Waals surface area contributed by atoms with E-state index in [4.69, 9.17) is 5.73 Å². The van der Waals surface area contributed by atoms with Gasteiger partial charge in [0.25, 0.3) is 0 Å². The van der Waals surface area contributed by atoms with Gasteiger partial charge in [0.05, 0.1) is 5.69 Å². The van der Waals surface area contributed by atoms with E-state index in [0.717, 1.165) is 11.3 Å². The van der Waals surface area contributed by atoms with Gasteiger partial charge in [0.2, 0.25) is 5.95 Å². The molecule has 0 bridgehead atoms. The Bertz CT molecular complexity index is 354. The smallest absolute Gasteiger partial charge is 0.220 e. The Labute approximate surface area is 69.8 Å². The minimum absolute atomic E-state index is 0.300. The van der Waals surface area contributed by atoms with Gasteiger partial charge in [0, 0.05) is 24.2 Å². The molecule has 1 aliphatic heterocycles. The number of nitrogen functional groups attached to an aromatic ring is 1. The highest BCUT2D eigenvalue weighted by Crippen LogP contribution is 2.11. The number of nitrogens with two attached hydrogens (primary N) is 1. The Balaban J connectivity index is 2.58. The lowest BCUT2D eigenvalue weighted by atomic mass is 10.2. The summed E-state index contributed by atoms with van der Waals surface area (Å²) in [7, 11) is 0. The highest BCUT2D eigenvalue weighted by molar-refractivity contribution is 5.64. The van der Waals surface area contributed by atoms with E-state index in [1.807, 2.05) is 18.4 Å². The van der Waals surface area contributed by atoms with Gasteiger partial charge in [0.15, 0.2) is 0 Å². The average molecular weight is 160 g/mol. The van der Waals surface area contributed by atoms with Crippen LogP contribution in [-0.2, 0) is 0 Å². The quantitative estimate of drug-likeness (QED) is 0.583. The number of anilines is 1. The maximum Gasteiger partial charge on any atom is 0.220 e. The number of nitrogens with zero attached hydrogens (tertiary/aromatic N) is 2. The van der Waals surface area contributed by atoms with Crippen LogP contribution in [0.2, 0.25) is 0 Å². The third-order valence-corrected chi connectivity index (χ3v) is 1.56. The maximum absolute atomic E-state index is 5.43. The molecule has 2 heterocycles. The molecule has 0 aromatic carbocycles. The Kier molecular flexibility index (Phi) is 1.51. The van der Waals surface area contributed by atoms with Crippen molar-refractivity contribution in [1.82, 2.24) is 15.3 Å². The van der Waals surface area contributed by atoms with Gasteiger partial charge in [-0.15, -0.1) is 0 Å². The van der Waals surface area contributed by atoms with Crippen molar-refractivity contribution in [3.8, 4) is 0 Å². The summed E-state index contributed by atoms with van der Waals surface area (Å²) in [6.45, 7) is 0. The van der Waals surface area contributed by atoms with Crippen molar-refractivity contribution in [2.75, 3.05) is 5.73 Å². The van der Waals surface area contributed by atoms with Crippen LogP contribution in [0.15, 0.2) is 18.6 Å². The number of hydrogen-bond acceptors (Lipinski definition) is 4. The molecule has 0 aliphatic carbocycles. The Morgan fingerprint density at radius 1 is 1.25 bits per heavy atom. The number of hydrogen-bond donors (Lipinski definition) is 2. The van der Waals surface area contributed by atoms with E-state index < -0.39 is 0 Å². The highest BCUT2D eigenvalue weighted by Gasteiger charge is 2.00. The first-order valence-corrected chi connectivity index (χ1v) is 3.58. The summed E-state index contributed by atoms with van der Waals surface area (Å²) >= 11 is 0. The zero-order chi connectivity index (χ0) is 8.39. The van der Waals surface area contributed by atoms with Gasteiger partial charge in [-0.25, -0.2) is 9.97 Å². The molecule has 0 unspecified atom stereocenters. The number of fused-ring (bicyclic) bond motifs is 1. The summed E-state index contributed by atoms with van der Waals surface area (Å²) in [6, 6.07) is 0. The minimum atomic E-state index is 0.300. The van der Waals surface area contributed by atoms with Gasteiger partial charge >= 0.3 is 0 Å². The molecule has 0 saturated heterocycles. The maximum atomic E-state index is 5.43. The largest absolute Gasteiger partial charge is 0.368 e. The standard InChI is InChI=1S/C8H8N4/c9-8-11-5-6-1-3-10-4-2-7(6)12-8/h1-5,10H,(H2,9,11,12). The molecule has 0 atom stereocenters. The normalized spacial score (nSPS) is 13.3. The van der Waals surface area contributed by atoms with Crippen LogP contribution in [0.3, 0.4) is 0 Å². The molecule has 4 nitrogen and oxygen atoms in total. The SMILES string of the molecule is Nc1ncc2c(n1)C=CNC=C2. The van der Waals surface area contributed by atoms with Crippen LogP contribution in [0.25, 0.3) is 12.2 Å². The van der Waals surface area contributed by atoms with Crippen LogP contribution in [0.1, 0.15) is 11.3 Å². The fourth-order valence-electron chi connectivity index (χ4n) is 1.00. The molecule has 1 aromatic rings. The molecule has 0 amide bonds. The van der Waals surface area contributed by atoms with Crippen molar-refractivity contribution in [3.05, 3.63) is 29.9 Å². The molecule has 12 heavy (non-hydrogen) atoms. The van der Waals surface area contributed by atoms with Crippen molar-refractivity contribution in [3.63, 3.8) is 0 Å². The van der Waals surface area contributed by atoms with E-state index in [2.05, 4.69) is 15.3 Å². The summed E-state index contributed by atoms with van der Waals surface area (Å²) in [5.41, 5.74) is 7.23. The number of aromatic nitrogens is 2. The fourth-order valence-corrected chi connectivity index (χ4v) is 1.00. The molecular formula is C8H8N4. The van der Waals surface area contributed by atoms with Crippen molar-refractivity contribution in [1.29, 1.82) is 0 Å². The number of nitrogens with one attached hydrogen (secondary N) is 1. The first-order chi connectivity index (χ1) is 5.86. The monoisotopic (exact) mass is 160 g/mol. The van der Waals surface area contributed by atoms with Crippen LogP contribution in [-0.4, -0.2) is 9.97 Å². The molecule has 0 radical (unpaired) electrons. The summed E-state index contributed by atoms with van der Waals surface area (Å²) in [5.74, 6) is 0.300. The zero-order valence-electron chi connectivity index (χ0n) is 6.36. The molecule has 3 N–H and O–H groups in total. The fraction of sp³-hybridized carbons (Fsp3) is 0. The Morgan fingerprint density at radius 2 is 2.08 bits per heavy atom. The summed E-state index contributed by atoms with van der Waals surface area (Å²) < 4.78 is 0. The Hall–Kier alpha value is -1.84. The molecular weight excluding hydrogens is 152 g/mol. The first-order valence-electron chi connectivity index (χ1n) is 3.58. The molecule has 0 saturated carbocycles. The summed E-state index contributed by atoms with van der Waals surface area (Å²) in [5, 5.41) is 2.94. The number of rotatable bonds is 0. The molecule has 60 valence electrons. The third-order valence-electron chi connectivity index (χ3n) is 1.56. The second kappa shape index (κ2) is 2.65. The molecule has 4 heteroatoms. The predicted molar refractivity (Wildman–Crippen MR) is 47.6 cm³/mol. The van der Waals surface area contributed by atoms with Crippen molar-refractivity contribution in [2.24, 2.45) is 0 Å². The van der Waals surface area contributed by atoms with Gasteiger partial charge in [-0.1, -0.05) is 0 Å². The van der Waals surface area contributed by atoms with Gasteiger partial charge in [-0.2, -0.15) is 0 Å². The average Bonchev–Trinajstić information content (AvgIpc) is 2.28. The van der Waals surface area contributed by atoms with E-state index in [0.29, 0.717) is 5.95 Å². The van der Waals surface area contributed by atoms with E-state index >= 15 is 0 Å². The summed E-state index contributed by atoms with van der Waals surface area (Å²) in [6.07, 6.45) is 9.07. The van der Waals surface area contributed by atoms with Crippen molar-refractivity contribution < 1.29 is 0 Å². The lowest BCUT2D eigenvalue weighted by molar-refractivity contribution is 1.16. The Morgan fingerprint density at radius 3 is 3.00 bits per heavy atom. The lowest BCUT2D eigenvalue weighted by Gasteiger charge is -1.97. The zero-order valence-corrected chi connectivity index (χ0v) is 6.36. The first kappa shape index (κ1) is 6.84. The van der Waals surface area contributed by atoms with Crippen molar-refractivity contribution >= 4 is 18.1 Å². The third kappa shape index (κ3) is 1.14. The molecule has 2 rings (SSSR count). The van der Waals surface area contributed by atoms with E-state index in [1.165, 1.54) is 0 Å². The van der Waals surface area contributed by atoms with E-state index in [1.54, 1.807) is 12.4 Å². The van der Waals surface area contributed by atoms with Gasteiger partial charge < -0.3 is 11.1 Å². The van der Waals surface area contributed by atoms with Gasteiger partial charge in [0.1, 0.15) is 0 Å². The van der Waals surface area contributed by atoms with Crippen LogP contribution in [0.5, 0.6) is 0 Å². The molecule has 0 spiro atoms. The van der Waals surface area contributed by atoms with Gasteiger partial charge in [-0.05, 0) is 12.2 Å². The van der Waals surface area contributed by atoms with Gasteiger partial charge in [-0.3, -0.25) is 0 Å². The second-order valence-corrected chi connectivity index (χ2v) is 2.40. The van der Waals surface area contributed by atoms with E-state index in [9.17, 15) is 0 Å².